The van der Waals surface area contributed by atoms with Gasteiger partial charge in [0.15, 0.2) is 11.6 Å². The smallest absolute Gasteiger partial charge is 0.163 e. The molecule has 2 aliphatic rings. The number of hydrogen-bond acceptors (Lipinski definition) is 7. The van der Waals surface area contributed by atoms with Gasteiger partial charge in [-0.3, -0.25) is 9.98 Å². The highest BCUT2D eigenvalue weighted by atomic mass is 32.1. The number of rotatable bonds is 3. The minimum atomic E-state index is -0.381. The van der Waals surface area contributed by atoms with Crippen LogP contribution in [0.2, 0.25) is 0 Å². The monoisotopic (exact) mass is 349 g/mol. The van der Waals surface area contributed by atoms with E-state index in [0.717, 1.165) is 16.2 Å². The third kappa shape index (κ3) is 2.47. The van der Waals surface area contributed by atoms with Crippen molar-refractivity contribution in [1.29, 1.82) is 0 Å². The SMILES string of the molecule is NC1=Nc2nccc(C3CC3)c2C(c2ccco2)=NC1c1cncs1. The van der Waals surface area contributed by atoms with E-state index in [0.29, 0.717) is 23.3 Å². The Balaban J connectivity index is 1.78. The van der Waals surface area contributed by atoms with E-state index in [4.69, 9.17) is 15.1 Å². The number of nitrogens with two attached hydrogens (primary N) is 1. The van der Waals surface area contributed by atoms with E-state index in [1.165, 1.54) is 29.7 Å². The Kier molecular flexibility index (Phi) is 3.27. The number of aliphatic imine (C=N–C) groups is 2. The average molecular weight is 349 g/mol. The molecule has 7 heteroatoms. The highest BCUT2D eigenvalue weighted by molar-refractivity contribution is 7.09. The van der Waals surface area contributed by atoms with Gasteiger partial charge in [0.25, 0.3) is 0 Å². The maximum atomic E-state index is 6.29. The Hall–Kier alpha value is -2.80. The van der Waals surface area contributed by atoms with Crippen molar-refractivity contribution in [3.63, 3.8) is 0 Å². The zero-order chi connectivity index (χ0) is 16.8. The number of furan rings is 1. The molecule has 1 aliphatic heterocycles. The predicted octanol–water partition coefficient (Wildman–Crippen LogP) is 3.59. The molecule has 2 N–H and O–H groups in total. The number of nitrogens with zero attached hydrogens (tertiary/aromatic N) is 4. The summed E-state index contributed by atoms with van der Waals surface area (Å²) in [6, 6.07) is 5.46. The molecule has 0 aromatic carbocycles. The molecule has 124 valence electrons. The quantitative estimate of drug-likeness (QED) is 0.782. The highest BCUT2D eigenvalue weighted by Gasteiger charge is 2.33. The van der Waals surface area contributed by atoms with Gasteiger partial charge in [-0.25, -0.2) is 9.98 Å². The summed E-state index contributed by atoms with van der Waals surface area (Å²) in [6.45, 7) is 0. The van der Waals surface area contributed by atoms with Gasteiger partial charge in [-0.1, -0.05) is 0 Å². The van der Waals surface area contributed by atoms with Gasteiger partial charge in [0, 0.05) is 12.4 Å². The Labute approximate surface area is 148 Å². The molecule has 0 bridgehead atoms. The van der Waals surface area contributed by atoms with Gasteiger partial charge in [-0.2, -0.15) is 0 Å². The van der Waals surface area contributed by atoms with Gasteiger partial charge in [0.1, 0.15) is 17.6 Å². The van der Waals surface area contributed by atoms with Crippen LogP contribution < -0.4 is 5.73 Å². The first-order chi connectivity index (χ1) is 12.3. The van der Waals surface area contributed by atoms with Crippen LogP contribution in [0.15, 0.2) is 56.8 Å². The van der Waals surface area contributed by atoms with Crippen LogP contribution in [0.25, 0.3) is 0 Å². The second-order valence-electron chi connectivity index (χ2n) is 6.17. The first-order valence-electron chi connectivity index (χ1n) is 8.14. The molecule has 0 saturated heterocycles. The summed E-state index contributed by atoms with van der Waals surface area (Å²) in [5, 5.41) is 0. The topological polar surface area (TPSA) is 89.7 Å². The predicted molar refractivity (Wildman–Crippen MR) is 96.7 cm³/mol. The molecule has 5 rings (SSSR count). The minimum absolute atomic E-state index is 0.381. The lowest BCUT2D eigenvalue weighted by atomic mass is 9.99. The molecule has 3 aromatic rings. The van der Waals surface area contributed by atoms with Crippen molar-refractivity contribution in [1.82, 2.24) is 9.97 Å². The summed E-state index contributed by atoms with van der Waals surface area (Å²) in [5.41, 5.74) is 11.0. The molecular formula is C18H15N5OS. The second kappa shape index (κ2) is 5.63. The van der Waals surface area contributed by atoms with E-state index in [2.05, 4.69) is 21.0 Å². The minimum Gasteiger partial charge on any atom is -0.463 e. The molecule has 0 spiro atoms. The standard InChI is InChI=1S/C18H15N5OS/c19-17-16(13-8-20-9-25-13)22-15(12-2-1-7-24-12)14-11(10-3-4-10)5-6-21-18(14)23-17/h1-2,5-10,16H,3-4H2,(H2,19,21,23). The Morgan fingerprint density at radius 1 is 1.24 bits per heavy atom. The van der Waals surface area contributed by atoms with Crippen molar-refractivity contribution < 1.29 is 4.42 Å². The number of thiazole rings is 1. The van der Waals surface area contributed by atoms with E-state index in [-0.39, 0.29) is 6.04 Å². The van der Waals surface area contributed by atoms with Crippen molar-refractivity contribution in [3.05, 3.63) is 64.1 Å². The third-order valence-electron chi connectivity index (χ3n) is 4.47. The van der Waals surface area contributed by atoms with Gasteiger partial charge in [0.05, 0.1) is 22.2 Å². The summed E-state index contributed by atoms with van der Waals surface area (Å²) < 4.78 is 5.68. The average Bonchev–Trinajstić information content (AvgIpc) is 3.11. The van der Waals surface area contributed by atoms with Crippen molar-refractivity contribution >= 4 is 28.7 Å². The van der Waals surface area contributed by atoms with E-state index in [9.17, 15) is 0 Å². The van der Waals surface area contributed by atoms with Crippen LogP contribution in [0.3, 0.4) is 0 Å². The number of pyridine rings is 1. The fourth-order valence-electron chi connectivity index (χ4n) is 3.14. The lowest BCUT2D eigenvalue weighted by Gasteiger charge is -2.12. The molecule has 1 atom stereocenters. The molecular weight excluding hydrogens is 334 g/mol. The van der Waals surface area contributed by atoms with Gasteiger partial charge >= 0.3 is 0 Å². The van der Waals surface area contributed by atoms with Crippen LogP contribution in [0.1, 0.15) is 46.6 Å². The number of hydrogen-bond donors (Lipinski definition) is 1. The Morgan fingerprint density at radius 2 is 2.16 bits per heavy atom. The first kappa shape index (κ1) is 14.5. The van der Waals surface area contributed by atoms with Crippen LogP contribution in [0, 0.1) is 0 Å². The largest absolute Gasteiger partial charge is 0.463 e. The molecule has 3 aromatic heterocycles. The fraction of sp³-hybridized carbons (Fsp3) is 0.222. The van der Waals surface area contributed by atoms with E-state index >= 15 is 0 Å². The molecule has 1 fully saturated rings. The van der Waals surface area contributed by atoms with Crippen molar-refractivity contribution in [3.8, 4) is 0 Å². The zero-order valence-corrected chi connectivity index (χ0v) is 14.1. The number of fused-ring (bicyclic) bond motifs is 1. The molecule has 1 unspecified atom stereocenters. The molecule has 25 heavy (non-hydrogen) atoms. The lowest BCUT2D eigenvalue weighted by Crippen LogP contribution is -2.20. The third-order valence-corrected chi connectivity index (χ3v) is 5.29. The summed E-state index contributed by atoms with van der Waals surface area (Å²) >= 11 is 1.51. The first-order valence-corrected chi connectivity index (χ1v) is 9.02. The van der Waals surface area contributed by atoms with Crippen LogP contribution >= 0.6 is 11.3 Å². The van der Waals surface area contributed by atoms with Crippen LogP contribution in [-0.4, -0.2) is 21.5 Å². The Morgan fingerprint density at radius 3 is 2.88 bits per heavy atom. The van der Waals surface area contributed by atoms with E-state index in [1.54, 1.807) is 24.2 Å². The fourth-order valence-corrected chi connectivity index (χ4v) is 3.81. The Bertz CT molecular complexity index is 971. The van der Waals surface area contributed by atoms with Gasteiger partial charge in [-0.15, -0.1) is 11.3 Å². The lowest BCUT2D eigenvalue weighted by molar-refractivity contribution is 0.557. The molecule has 6 nitrogen and oxygen atoms in total. The summed E-state index contributed by atoms with van der Waals surface area (Å²) in [7, 11) is 0. The molecule has 1 aliphatic carbocycles. The van der Waals surface area contributed by atoms with Gasteiger partial charge < -0.3 is 10.2 Å². The normalized spacial score (nSPS) is 19.8. The van der Waals surface area contributed by atoms with Crippen LogP contribution in [-0.2, 0) is 0 Å². The maximum Gasteiger partial charge on any atom is 0.163 e. The van der Waals surface area contributed by atoms with Crippen molar-refractivity contribution in [2.45, 2.75) is 24.8 Å². The van der Waals surface area contributed by atoms with Crippen molar-refractivity contribution in [2.75, 3.05) is 0 Å². The summed E-state index contributed by atoms with van der Waals surface area (Å²) in [4.78, 5) is 19.1. The number of amidine groups is 1. The zero-order valence-electron chi connectivity index (χ0n) is 13.3. The van der Waals surface area contributed by atoms with E-state index in [1.807, 2.05) is 12.1 Å². The van der Waals surface area contributed by atoms with E-state index < -0.39 is 0 Å². The van der Waals surface area contributed by atoms with Crippen molar-refractivity contribution in [2.24, 2.45) is 15.7 Å². The highest BCUT2D eigenvalue weighted by Crippen LogP contribution is 2.45. The van der Waals surface area contributed by atoms with Crippen LogP contribution in [0.4, 0.5) is 5.82 Å². The summed E-state index contributed by atoms with van der Waals surface area (Å²) in [6.07, 6.45) is 7.60. The second-order valence-corrected chi connectivity index (χ2v) is 7.09. The molecule has 0 amide bonds. The summed E-state index contributed by atoms with van der Waals surface area (Å²) in [5.74, 6) is 2.28. The molecule has 4 heterocycles. The van der Waals surface area contributed by atoms with Gasteiger partial charge in [0.2, 0.25) is 0 Å². The van der Waals surface area contributed by atoms with Gasteiger partial charge in [-0.05, 0) is 42.5 Å². The molecule has 1 saturated carbocycles. The maximum absolute atomic E-state index is 6.29. The van der Waals surface area contributed by atoms with Crippen LogP contribution in [0.5, 0.6) is 0 Å². The number of aromatic nitrogens is 2. The molecule has 0 radical (unpaired) electrons.